The molecule has 3 rings (SSSR count). The lowest BCUT2D eigenvalue weighted by atomic mass is 10.1. The number of benzene rings is 2. The summed E-state index contributed by atoms with van der Waals surface area (Å²) in [7, 11) is -3.62. The van der Waals surface area contributed by atoms with Gasteiger partial charge in [0.1, 0.15) is 6.04 Å². The smallest absolute Gasteiger partial charge is 0.243 e. The molecule has 0 bridgehead atoms. The fourth-order valence-electron chi connectivity index (χ4n) is 4.16. The summed E-state index contributed by atoms with van der Waals surface area (Å²) in [6.07, 6.45) is 5.87. The van der Waals surface area contributed by atoms with Gasteiger partial charge in [0, 0.05) is 13.1 Å². The van der Waals surface area contributed by atoms with Gasteiger partial charge in [-0.2, -0.15) is 0 Å². The Bertz CT molecular complexity index is 982. The number of rotatable bonds is 9. The Morgan fingerprint density at radius 2 is 1.53 bits per heavy atom. The zero-order valence-corrected chi connectivity index (χ0v) is 20.2. The van der Waals surface area contributed by atoms with Crippen LogP contribution in [0.3, 0.4) is 0 Å². The molecule has 1 amide bonds. The molecule has 1 aliphatic rings. The lowest BCUT2D eigenvalue weighted by Gasteiger charge is -2.28. The van der Waals surface area contributed by atoms with Crippen LogP contribution in [-0.2, 0) is 34.3 Å². The van der Waals surface area contributed by atoms with Gasteiger partial charge in [-0.3, -0.25) is 14.0 Å². The van der Waals surface area contributed by atoms with E-state index in [9.17, 15) is 13.2 Å². The molecule has 0 radical (unpaired) electrons. The quantitative estimate of drug-likeness (QED) is 0.623. The molecular weight excluding hydrogens is 422 g/mol. The van der Waals surface area contributed by atoms with Crippen LogP contribution in [0, 0.1) is 0 Å². The van der Waals surface area contributed by atoms with Gasteiger partial charge >= 0.3 is 0 Å². The third kappa shape index (κ3) is 6.56. The van der Waals surface area contributed by atoms with E-state index in [1.807, 2.05) is 31.2 Å². The first-order chi connectivity index (χ1) is 15.3. The minimum atomic E-state index is -3.62. The number of nitrogens with zero attached hydrogens (tertiary/aromatic N) is 2. The molecular formula is C25H35N3O3S. The number of carbonyl (C=O) groups is 1. The van der Waals surface area contributed by atoms with Crippen LogP contribution < -0.4 is 9.62 Å². The van der Waals surface area contributed by atoms with Crippen LogP contribution in [0.2, 0.25) is 0 Å². The molecule has 0 aromatic heterocycles. The maximum Gasteiger partial charge on any atom is 0.243 e. The maximum atomic E-state index is 12.8. The highest BCUT2D eigenvalue weighted by molar-refractivity contribution is 7.92. The van der Waals surface area contributed by atoms with Crippen LogP contribution >= 0.6 is 0 Å². The number of piperidine rings is 1. The summed E-state index contributed by atoms with van der Waals surface area (Å²) in [5, 5.41) is 2.89. The summed E-state index contributed by atoms with van der Waals surface area (Å²) in [4.78, 5) is 15.3. The van der Waals surface area contributed by atoms with Gasteiger partial charge in [-0.15, -0.1) is 0 Å². The molecule has 1 aliphatic heterocycles. The van der Waals surface area contributed by atoms with Gasteiger partial charge in [0.25, 0.3) is 0 Å². The van der Waals surface area contributed by atoms with Crippen LogP contribution in [0.1, 0.15) is 49.8 Å². The molecule has 6 nitrogen and oxygen atoms in total. The highest BCUT2D eigenvalue weighted by Crippen LogP contribution is 2.22. The molecule has 0 saturated carbocycles. The molecule has 1 heterocycles. The van der Waals surface area contributed by atoms with Crippen molar-refractivity contribution in [1.82, 2.24) is 10.2 Å². The maximum absolute atomic E-state index is 12.8. The van der Waals surface area contributed by atoms with Gasteiger partial charge in [0.05, 0.1) is 11.9 Å². The number of anilines is 1. The number of hydrogen-bond donors (Lipinski definition) is 1. The Labute approximate surface area is 192 Å². The highest BCUT2D eigenvalue weighted by atomic mass is 32.2. The molecule has 2 aromatic carbocycles. The molecule has 1 saturated heterocycles. The highest BCUT2D eigenvalue weighted by Gasteiger charge is 2.28. The SMILES string of the molecule is CCc1ccc(N([C@H](C)C(=O)NCc2ccc(CN3CCCCC3)cc2)S(C)(=O)=O)cc1. The predicted molar refractivity (Wildman–Crippen MR) is 130 cm³/mol. The Hall–Kier alpha value is -2.38. The van der Waals surface area contributed by atoms with Crippen molar-refractivity contribution in [3.8, 4) is 0 Å². The van der Waals surface area contributed by atoms with Gasteiger partial charge < -0.3 is 5.32 Å². The van der Waals surface area contributed by atoms with E-state index in [2.05, 4.69) is 22.3 Å². The lowest BCUT2D eigenvalue weighted by Crippen LogP contribution is -2.47. The molecule has 2 aromatic rings. The third-order valence-corrected chi connectivity index (χ3v) is 7.27. The monoisotopic (exact) mass is 457 g/mol. The molecule has 32 heavy (non-hydrogen) atoms. The van der Waals surface area contributed by atoms with E-state index in [-0.39, 0.29) is 5.91 Å². The van der Waals surface area contributed by atoms with Gasteiger partial charge in [0.2, 0.25) is 15.9 Å². The third-order valence-electron chi connectivity index (χ3n) is 6.03. The molecule has 7 heteroatoms. The van der Waals surface area contributed by atoms with E-state index >= 15 is 0 Å². The van der Waals surface area contributed by atoms with Crippen LogP contribution in [0.4, 0.5) is 5.69 Å². The minimum absolute atomic E-state index is 0.326. The summed E-state index contributed by atoms with van der Waals surface area (Å²) in [6, 6.07) is 14.7. The van der Waals surface area contributed by atoms with E-state index in [1.54, 1.807) is 19.1 Å². The summed E-state index contributed by atoms with van der Waals surface area (Å²) >= 11 is 0. The van der Waals surface area contributed by atoms with E-state index in [0.717, 1.165) is 43.4 Å². The molecule has 0 aliphatic carbocycles. The second-order valence-corrected chi connectivity index (χ2v) is 10.5. The average molecular weight is 458 g/mol. The van der Waals surface area contributed by atoms with Crippen LogP contribution in [0.15, 0.2) is 48.5 Å². The van der Waals surface area contributed by atoms with E-state index in [4.69, 9.17) is 0 Å². The average Bonchev–Trinajstić information content (AvgIpc) is 2.78. The largest absolute Gasteiger partial charge is 0.350 e. The number of amides is 1. The van der Waals surface area contributed by atoms with Crippen molar-refractivity contribution < 1.29 is 13.2 Å². The van der Waals surface area contributed by atoms with E-state index in [0.29, 0.717) is 12.2 Å². The second-order valence-electron chi connectivity index (χ2n) is 8.63. The first-order valence-corrected chi connectivity index (χ1v) is 13.3. The van der Waals surface area contributed by atoms with Crippen LogP contribution in [-0.4, -0.2) is 44.6 Å². The normalized spacial score (nSPS) is 15.8. The molecule has 0 unspecified atom stereocenters. The molecule has 0 spiro atoms. The Morgan fingerprint density at radius 3 is 2.09 bits per heavy atom. The standard InChI is InChI=1S/C25H35N3O3S/c1-4-21-12-14-24(15-13-21)28(32(3,30)31)20(2)25(29)26-18-22-8-10-23(11-9-22)19-27-16-6-5-7-17-27/h8-15,20H,4-7,16-19H2,1-3H3,(H,26,29)/t20-/m1/s1. The fourth-order valence-corrected chi connectivity index (χ4v) is 5.34. The fraction of sp³-hybridized carbons (Fsp3) is 0.480. The van der Waals surface area contributed by atoms with E-state index in [1.165, 1.54) is 29.1 Å². The Balaban J connectivity index is 1.60. The molecule has 1 atom stereocenters. The van der Waals surface area contributed by atoms with Crippen molar-refractivity contribution in [3.05, 3.63) is 65.2 Å². The number of sulfonamides is 1. The van der Waals surface area contributed by atoms with Gasteiger partial charge in [-0.25, -0.2) is 8.42 Å². The predicted octanol–water partition coefficient (Wildman–Crippen LogP) is 3.71. The van der Waals surface area contributed by atoms with Crippen molar-refractivity contribution in [1.29, 1.82) is 0 Å². The number of nitrogens with one attached hydrogen (secondary N) is 1. The first kappa shape index (κ1) is 24.3. The molecule has 1 fully saturated rings. The summed E-state index contributed by atoms with van der Waals surface area (Å²) in [5.41, 5.74) is 3.87. The molecule has 174 valence electrons. The summed E-state index contributed by atoms with van der Waals surface area (Å²) < 4.78 is 26.1. The van der Waals surface area contributed by atoms with Gasteiger partial charge in [-0.05, 0) is 68.1 Å². The minimum Gasteiger partial charge on any atom is -0.350 e. The first-order valence-electron chi connectivity index (χ1n) is 11.4. The van der Waals surface area contributed by atoms with Gasteiger partial charge in [-0.1, -0.05) is 49.7 Å². The zero-order valence-electron chi connectivity index (χ0n) is 19.4. The van der Waals surface area contributed by atoms with E-state index < -0.39 is 16.1 Å². The number of likely N-dealkylation sites (tertiary alicyclic amines) is 1. The summed E-state index contributed by atoms with van der Waals surface area (Å²) in [6.45, 7) is 7.30. The van der Waals surface area contributed by atoms with Crippen molar-refractivity contribution in [2.24, 2.45) is 0 Å². The van der Waals surface area contributed by atoms with Crippen molar-refractivity contribution >= 4 is 21.6 Å². The lowest BCUT2D eigenvalue weighted by molar-refractivity contribution is -0.122. The number of aryl methyl sites for hydroxylation is 1. The van der Waals surface area contributed by atoms with Crippen LogP contribution in [0.25, 0.3) is 0 Å². The van der Waals surface area contributed by atoms with Crippen LogP contribution in [0.5, 0.6) is 0 Å². The summed E-state index contributed by atoms with van der Waals surface area (Å²) in [5.74, 6) is -0.326. The topological polar surface area (TPSA) is 69.7 Å². The number of hydrogen-bond acceptors (Lipinski definition) is 4. The molecule has 1 N–H and O–H groups in total. The van der Waals surface area contributed by atoms with Gasteiger partial charge in [0.15, 0.2) is 0 Å². The zero-order chi connectivity index (χ0) is 23.1. The second kappa shape index (κ2) is 11.0. The Kier molecular flexibility index (Phi) is 8.32. The number of carbonyl (C=O) groups excluding carboxylic acids is 1. The van der Waals surface area contributed by atoms with Crippen molar-refractivity contribution in [2.75, 3.05) is 23.7 Å². The van der Waals surface area contributed by atoms with Crippen molar-refractivity contribution in [2.45, 2.75) is 58.7 Å². The Morgan fingerprint density at radius 1 is 0.969 bits per heavy atom. The van der Waals surface area contributed by atoms with Crippen molar-refractivity contribution in [3.63, 3.8) is 0 Å².